The van der Waals surface area contributed by atoms with Gasteiger partial charge in [0.2, 0.25) is 17.7 Å². The second kappa shape index (κ2) is 10.7. The van der Waals surface area contributed by atoms with Gasteiger partial charge in [-0.1, -0.05) is 58.4 Å². The molecule has 3 heterocycles. The highest BCUT2D eigenvalue weighted by Gasteiger charge is 2.57. The summed E-state index contributed by atoms with van der Waals surface area (Å²) in [4.78, 5) is 54.8. The smallest absolute Gasteiger partial charge is 0.308 e. The number of aromatic nitrogens is 1. The molecule has 0 spiro atoms. The van der Waals surface area contributed by atoms with Gasteiger partial charge in [0.15, 0.2) is 0 Å². The molecule has 2 aliphatic heterocycles. The fourth-order valence-corrected chi connectivity index (χ4v) is 8.26. The largest absolute Gasteiger partial charge is 0.325 e. The average Bonchev–Trinajstić information content (AvgIpc) is 3.38. The number of hydrogen-bond donors (Lipinski definition) is 1. The molecule has 0 radical (unpaired) electrons. The average molecular weight is 632 g/mol. The van der Waals surface area contributed by atoms with Crippen LogP contribution in [-0.2, 0) is 20.9 Å². The molecule has 13 heteroatoms. The van der Waals surface area contributed by atoms with Gasteiger partial charge in [0.05, 0.1) is 26.7 Å². The van der Waals surface area contributed by atoms with Crippen molar-refractivity contribution in [2.24, 2.45) is 5.92 Å². The number of nitrogens with zero attached hydrogens (tertiary/aromatic N) is 2. The van der Waals surface area contributed by atoms with Crippen LogP contribution < -0.4 is 15.1 Å². The molecule has 208 valence electrons. The second-order valence-corrected chi connectivity index (χ2v) is 12.3. The van der Waals surface area contributed by atoms with E-state index in [1.807, 2.05) is 0 Å². The van der Waals surface area contributed by atoms with E-state index in [0.717, 1.165) is 40.1 Å². The van der Waals surface area contributed by atoms with Crippen molar-refractivity contribution < 1.29 is 23.2 Å². The van der Waals surface area contributed by atoms with E-state index in [1.165, 1.54) is 41.0 Å². The zero-order valence-electron chi connectivity index (χ0n) is 20.6. The molecular weight excluding hydrogens is 615 g/mol. The number of carbonyl (C=O) groups excluding carboxylic acids is 3. The summed E-state index contributed by atoms with van der Waals surface area (Å²) in [5, 5.41) is 2.44. The van der Waals surface area contributed by atoms with Gasteiger partial charge in [-0.15, -0.1) is 0 Å². The predicted molar refractivity (Wildman–Crippen MR) is 154 cm³/mol. The van der Waals surface area contributed by atoms with Gasteiger partial charge in [0.1, 0.15) is 23.4 Å². The zero-order valence-corrected chi connectivity index (χ0v) is 23.8. The minimum absolute atomic E-state index is 0.178. The summed E-state index contributed by atoms with van der Waals surface area (Å²) < 4.78 is 28.1. The fourth-order valence-electron chi connectivity index (χ4n) is 5.07. The van der Waals surface area contributed by atoms with Gasteiger partial charge in [0, 0.05) is 16.5 Å². The Balaban J connectivity index is 1.43. The van der Waals surface area contributed by atoms with E-state index < -0.39 is 51.3 Å². The highest BCUT2D eigenvalue weighted by atomic mass is 35.5. The number of anilines is 2. The zero-order chi connectivity index (χ0) is 29.0. The molecule has 1 fully saturated rings. The second-order valence-electron chi connectivity index (χ2n) is 9.35. The van der Waals surface area contributed by atoms with E-state index in [1.54, 1.807) is 18.2 Å². The molecule has 6 rings (SSSR count). The standard InChI is InChI=1S/C28H17Cl2F2N3O4S2/c29-18-3-1-2-17(22(18)30)20-21-23(26(38)35(25(21)37)16-10-6-14(32)7-11-16)40-27-24(20)41-28(39)34(27)12-19(36)33-15-8-4-13(31)5-9-15/h1-11,20-21,23H,12H2,(H,33,36)/t20-,21-,23+/m0/s1. The van der Waals surface area contributed by atoms with Gasteiger partial charge in [-0.2, -0.15) is 0 Å². The van der Waals surface area contributed by atoms with Crippen LogP contribution in [0.1, 0.15) is 16.4 Å². The first kappa shape index (κ1) is 27.6. The number of imide groups is 1. The number of carbonyl (C=O) groups is 3. The molecule has 1 saturated heterocycles. The summed E-state index contributed by atoms with van der Waals surface area (Å²) in [7, 11) is 0. The van der Waals surface area contributed by atoms with Crippen LogP contribution in [0.5, 0.6) is 0 Å². The van der Waals surface area contributed by atoms with Crippen LogP contribution in [0.2, 0.25) is 10.0 Å². The molecule has 0 aliphatic carbocycles. The van der Waals surface area contributed by atoms with E-state index >= 15 is 0 Å². The van der Waals surface area contributed by atoms with Crippen molar-refractivity contribution in [3.8, 4) is 0 Å². The van der Waals surface area contributed by atoms with Crippen molar-refractivity contribution in [3.05, 3.63) is 109 Å². The van der Waals surface area contributed by atoms with Crippen molar-refractivity contribution in [2.75, 3.05) is 10.2 Å². The highest BCUT2D eigenvalue weighted by molar-refractivity contribution is 8.00. The summed E-state index contributed by atoms with van der Waals surface area (Å²) in [5.74, 6) is -4.34. The molecule has 41 heavy (non-hydrogen) atoms. The molecule has 1 N–H and O–H groups in total. The highest BCUT2D eigenvalue weighted by Crippen LogP contribution is 2.55. The van der Waals surface area contributed by atoms with Crippen molar-refractivity contribution in [1.29, 1.82) is 0 Å². The molecular formula is C28H17Cl2F2N3O4S2. The normalized spacial score (nSPS) is 19.7. The number of rotatable bonds is 5. The number of hydrogen-bond acceptors (Lipinski definition) is 6. The van der Waals surface area contributed by atoms with Crippen molar-refractivity contribution in [1.82, 2.24) is 4.57 Å². The van der Waals surface area contributed by atoms with E-state index in [2.05, 4.69) is 5.32 Å². The third kappa shape index (κ3) is 4.86. The Morgan fingerprint density at radius 2 is 1.56 bits per heavy atom. The molecule has 0 bridgehead atoms. The van der Waals surface area contributed by atoms with E-state index in [9.17, 15) is 28.0 Å². The Hall–Kier alpha value is -3.51. The monoisotopic (exact) mass is 631 g/mol. The number of fused-ring (bicyclic) bond motifs is 2. The first-order valence-electron chi connectivity index (χ1n) is 12.2. The molecule has 3 aromatic carbocycles. The van der Waals surface area contributed by atoms with Crippen molar-refractivity contribution in [3.63, 3.8) is 0 Å². The van der Waals surface area contributed by atoms with Gasteiger partial charge < -0.3 is 5.32 Å². The molecule has 1 aromatic heterocycles. The van der Waals surface area contributed by atoms with Crippen molar-refractivity contribution >= 4 is 75.4 Å². The lowest BCUT2D eigenvalue weighted by Crippen LogP contribution is -2.33. The number of amides is 3. The number of thioether (sulfide) groups is 1. The first-order valence-corrected chi connectivity index (χ1v) is 14.6. The number of nitrogens with one attached hydrogen (secondary N) is 1. The van der Waals surface area contributed by atoms with E-state index in [4.69, 9.17) is 23.2 Å². The van der Waals surface area contributed by atoms with E-state index in [0.29, 0.717) is 21.2 Å². The Morgan fingerprint density at radius 1 is 0.902 bits per heavy atom. The van der Waals surface area contributed by atoms with Crippen LogP contribution in [-0.4, -0.2) is 27.5 Å². The maximum Gasteiger partial charge on any atom is 0.308 e. The molecule has 3 amide bonds. The van der Waals surface area contributed by atoms with Crippen molar-refractivity contribution in [2.45, 2.75) is 22.7 Å². The Bertz CT molecular complexity index is 1780. The third-order valence-electron chi connectivity index (χ3n) is 6.88. The SMILES string of the molecule is O=C(Cn1c2c(sc1=O)[C@@H](c1cccc(Cl)c1Cl)[C@@H]1C(=O)N(c3ccc(F)cc3)C(=O)[C@@H]1S2)Nc1ccc(F)cc1. The quantitative estimate of drug-likeness (QED) is 0.276. The molecule has 0 saturated carbocycles. The van der Waals surface area contributed by atoms with Crippen LogP contribution in [0.3, 0.4) is 0 Å². The summed E-state index contributed by atoms with van der Waals surface area (Å²) in [6, 6.07) is 15.1. The summed E-state index contributed by atoms with van der Waals surface area (Å²) in [6.07, 6.45) is 0. The molecule has 4 aromatic rings. The lowest BCUT2D eigenvalue weighted by molar-refractivity contribution is -0.122. The molecule has 2 aliphatic rings. The summed E-state index contributed by atoms with van der Waals surface area (Å²) >= 11 is 14.8. The Labute approximate surface area is 249 Å². The minimum atomic E-state index is -0.958. The predicted octanol–water partition coefficient (Wildman–Crippen LogP) is 5.93. The van der Waals surface area contributed by atoms with E-state index in [-0.39, 0.29) is 22.3 Å². The Kier molecular flexibility index (Phi) is 7.23. The number of thiazole rings is 1. The van der Waals surface area contributed by atoms with Crippen LogP contribution >= 0.6 is 46.3 Å². The van der Waals surface area contributed by atoms with Crippen LogP contribution in [0, 0.1) is 17.6 Å². The summed E-state index contributed by atoms with van der Waals surface area (Å²) in [5.41, 5.74) is 1.02. The number of benzene rings is 3. The third-order valence-corrected chi connectivity index (χ3v) is 10.3. The molecule has 7 nitrogen and oxygen atoms in total. The molecule has 0 unspecified atom stereocenters. The van der Waals surface area contributed by atoms with Gasteiger partial charge in [-0.3, -0.25) is 23.7 Å². The van der Waals surface area contributed by atoms with Gasteiger partial charge in [-0.05, 0) is 60.2 Å². The summed E-state index contributed by atoms with van der Waals surface area (Å²) in [6.45, 7) is -0.383. The molecule has 3 atom stereocenters. The van der Waals surface area contributed by atoms with Crippen LogP contribution in [0.4, 0.5) is 20.2 Å². The lowest BCUT2D eigenvalue weighted by Gasteiger charge is -2.31. The fraction of sp³-hybridized carbons (Fsp3) is 0.143. The van der Waals surface area contributed by atoms with Gasteiger partial charge >= 0.3 is 4.87 Å². The maximum absolute atomic E-state index is 13.9. The van der Waals surface area contributed by atoms with Gasteiger partial charge in [-0.25, -0.2) is 13.7 Å². The minimum Gasteiger partial charge on any atom is -0.325 e. The maximum atomic E-state index is 13.9. The lowest BCUT2D eigenvalue weighted by atomic mass is 9.83. The Morgan fingerprint density at radius 3 is 2.24 bits per heavy atom. The number of halogens is 4. The van der Waals surface area contributed by atoms with Gasteiger partial charge in [0.25, 0.3) is 0 Å². The topological polar surface area (TPSA) is 88.5 Å². The van der Waals surface area contributed by atoms with Crippen LogP contribution in [0.15, 0.2) is 76.6 Å². The van der Waals surface area contributed by atoms with Crippen LogP contribution in [0.25, 0.3) is 0 Å². The first-order chi connectivity index (χ1) is 19.6.